The molecule has 0 unspecified atom stereocenters. The maximum atomic E-state index is 13.5. The van der Waals surface area contributed by atoms with Crippen LogP contribution in [0.5, 0.6) is 0 Å². The molecule has 6 nitrogen and oxygen atoms in total. The number of benzene rings is 2. The van der Waals surface area contributed by atoms with Crippen molar-refractivity contribution >= 4 is 10.0 Å². The van der Waals surface area contributed by atoms with Gasteiger partial charge in [-0.25, -0.2) is 21.9 Å². The van der Waals surface area contributed by atoms with Crippen LogP contribution in [0.15, 0.2) is 48.5 Å². The van der Waals surface area contributed by atoms with Crippen LogP contribution in [0.1, 0.15) is 49.3 Å². The zero-order chi connectivity index (χ0) is 25.1. The molecule has 9 heteroatoms. The van der Waals surface area contributed by atoms with E-state index in [9.17, 15) is 17.2 Å². The van der Waals surface area contributed by atoms with E-state index in [-0.39, 0.29) is 36.6 Å². The molecule has 0 radical (unpaired) electrons. The first kappa shape index (κ1) is 27.7. The Morgan fingerprint density at radius 2 is 1.34 bits per heavy atom. The molecule has 194 valence electrons. The third-order valence-electron chi connectivity index (χ3n) is 6.44. The highest BCUT2D eigenvalue weighted by Crippen LogP contribution is 2.30. The van der Waals surface area contributed by atoms with Crippen molar-refractivity contribution in [2.45, 2.75) is 38.1 Å². The quantitative estimate of drug-likeness (QED) is 0.381. The lowest BCUT2D eigenvalue weighted by Crippen LogP contribution is -2.48. The first-order chi connectivity index (χ1) is 16.9. The van der Waals surface area contributed by atoms with Crippen molar-refractivity contribution in [2.75, 3.05) is 51.6 Å². The predicted molar refractivity (Wildman–Crippen MR) is 135 cm³/mol. The molecule has 2 N–H and O–H groups in total. The van der Waals surface area contributed by atoms with Crippen molar-refractivity contribution in [3.8, 4) is 0 Å². The summed E-state index contributed by atoms with van der Waals surface area (Å²) in [6.45, 7) is 4.80. The number of unbranched alkanes of at least 4 members (excludes halogenated alkanes) is 3. The molecule has 0 aromatic heterocycles. The van der Waals surface area contributed by atoms with Gasteiger partial charge in [0, 0.05) is 39.3 Å². The second kappa shape index (κ2) is 14.0. The van der Waals surface area contributed by atoms with E-state index in [0.717, 1.165) is 63.1 Å². The van der Waals surface area contributed by atoms with E-state index in [1.54, 1.807) is 24.3 Å². The number of rotatable bonds is 14. The fraction of sp³-hybridized carbons (Fsp3) is 0.538. The Labute approximate surface area is 208 Å². The molecule has 0 saturated carbocycles. The maximum Gasteiger partial charge on any atom is 0.211 e. The number of halogens is 2. The Morgan fingerprint density at radius 1 is 0.800 bits per heavy atom. The molecule has 2 aromatic carbocycles. The van der Waals surface area contributed by atoms with E-state index < -0.39 is 10.0 Å². The second-order valence-corrected chi connectivity index (χ2v) is 11.0. The smallest absolute Gasteiger partial charge is 0.211 e. The van der Waals surface area contributed by atoms with Crippen molar-refractivity contribution in [3.63, 3.8) is 0 Å². The zero-order valence-electron chi connectivity index (χ0n) is 20.2. The number of hydrogen-bond donors (Lipinski definition) is 2. The van der Waals surface area contributed by atoms with Crippen LogP contribution in [0.3, 0.4) is 0 Å². The minimum absolute atomic E-state index is 0.0179. The lowest BCUT2D eigenvalue weighted by Gasteiger charge is -2.40. The van der Waals surface area contributed by atoms with Crippen LogP contribution < -0.4 is 4.72 Å². The molecule has 0 spiro atoms. The average Bonchev–Trinajstić information content (AvgIpc) is 2.85. The van der Waals surface area contributed by atoms with Gasteiger partial charge >= 0.3 is 0 Å². The van der Waals surface area contributed by atoms with Crippen LogP contribution in [0, 0.1) is 11.6 Å². The fourth-order valence-corrected chi connectivity index (χ4v) is 5.69. The van der Waals surface area contributed by atoms with Crippen LogP contribution in [0.25, 0.3) is 0 Å². The normalized spacial score (nSPS) is 15.7. The van der Waals surface area contributed by atoms with Gasteiger partial charge in [-0.15, -0.1) is 0 Å². The Morgan fingerprint density at radius 3 is 1.89 bits per heavy atom. The zero-order valence-corrected chi connectivity index (χ0v) is 21.0. The second-order valence-electron chi connectivity index (χ2n) is 9.09. The van der Waals surface area contributed by atoms with Gasteiger partial charge < -0.3 is 10.0 Å². The summed E-state index contributed by atoms with van der Waals surface area (Å²) in [5.74, 6) is -0.412. The summed E-state index contributed by atoms with van der Waals surface area (Å²) in [5, 5.41) is 8.74. The topological polar surface area (TPSA) is 72.9 Å². The van der Waals surface area contributed by atoms with Crippen LogP contribution in [-0.4, -0.2) is 75.0 Å². The van der Waals surface area contributed by atoms with Gasteiger partial charge in [-0.3, -0.25) is 4.90 Å². The first-order valence-electron chi connectivity index (χ1n) is 12.4. The molecule has 1 fully saturated rings. The number of nitrogens with one attached hydrogen (secondary N) is 1. The van der Waals surface area contributed by atoms with Crippen LogP contribution in [0.4, 0.5) is 8.78 Å². The Hall–Kier alpha value is -1.91. The van der Waals surface area contributed by atoms with Crippen molar-refractivity contribution in [1.82, 2.24) is 14.5 Å². The van der Waals surface area contributed by atoms with E-state index >= 15 is 0 Å². The maximum absolute atomic E-state index is 13.5. The number of aliphatic hydroxyl groups excluding tert-OH is 1. The number of aliphatic hydroxyl groups is 1. The fourth-order valence-electron chi connectivity index (χ4n) is 4.51. The minimum Gasteiger partial charge on any atom is -0.396 e. The summed E-state index contributed by atoms with van der Waals surface area (Å²) in [6, 6.07) is 13.0. The summed E-state index contributed by atoms with van der Waals surface area (Å²) >= 11 is 0. The highest BCUT2D eigenvalue weighted by atomic mass is 32.2. The minimum atomic E-state index is -3.25. The standard InChI is InChI=1S/C26H37F2N3O3S/c27-24-10-6-22(7-11-24)26(23-8-12-25(28)13-9-23)31-18-16-30(17-19-31)15-3-1-2-4-21-35(33,34)29-14-5-20-32/h6-13,26,29,32H,1-5,14-21H2. The first-order valence-corrected chi connectivity index (χ1v) is 14.1. The number of sulfonamides is 1. The molecule has 1 heterocycles. The molecule has 0 amide bonds. The third kappa shape index (κ3) is 9.24. The van der Waals surface area contributed by atoms with Gasteiger partial charge in [0.1, 0.15) is 11.6 Å². The molecule has 1 aliphatic rings. The SMILES string of the molecule is O=S(=O)(CCCCCCN1CCN(C(c2ccc(F)cc2)c2ccc(F)cc2)CC1)NCCCO. The molecular weight excluding hydrogens is 472 g/mol. The van der Waals surface area contributed by atoms with Crippen LogP contribution in [0.2, 0.25) is 0 Å². The van der Waals surface area contributed by atoms with Gasteiger partial charge in [-0.05, 0) is 61.2 Å². The van der Waals surface area contributed by atoms with E-state index in [1.807, 2.05) is 0 Å². The van der Waals surface area contributed by atoms with E-state index in [1.165, 1.54) is 24.3 Å². The predicted octanol–water partition coefficient (Wildman–Crippen LogP) is 3.53. The van der Waals surface area contributed by atoms with Crippen LogP contribution in [-0.2, 0) is 10.0 Å². The van der Waals surface area contributed by atoms with Crippen LogP contribution >= 0.6 is 0 Å². The summed E-state index contributed by atoms with van der Waals surface area (Å²) in [4.78, 5) is 4.79. The monoisotopic (exact) mass is 509 g/mol. The molecule has 35 heavy (non-hydrogen) atoms. The average molecular weight is 510 g/mol. The van der Waals surface area contributed by atoms with Gasteiger partial charge in [-0.2, -0.15) is 0 Å². The van der Waals surface area contributed by atoms with Gasteiger partial charge in [0.2, 0.25) is 10.0 Å². The molecule has 0 aliphatic carbocycles. The van der Waals surface area contributed by atoms with Gasteiger partial charge in [0.15, 0.2) is 0 Å². The van der Waals surface area contributed by atoms with E-state index in [0.29, 0.717) is 12.8 Å². The number of hydrogen-bond acceptors (Lipinski definition) is 5. The van der Waals surface area contributed by atoms with E-state index in [4.69, 9.17) is 5.11 Å². The van der Waals surface area contributed by atoms with Crippen molar-refractivity contribution in [2.24, 2.45) is 0 Å². The summed E-state index contributed by atoms with van der Waals surface area (Å²) in [6.07, 6.45) is 3.95. The third-order valence-corrected chi connectivity index (χ3v) is 7.91. The summed E-state index contributed by atoms with van der Waals surface area (Å²) < 4.78 is 53.3. The van der Waals surface area contributed by atoms with Gasteiger partial charge in [-0.1, -0.05) is 37.1 Å². The van der Waals surface area contributed by atoms with Crippen molar-refractivity contribution in [3.05, 3.63) is 71.3 Å². The Kier molecular flexibility index (Phi) is 11.1. The Bertz CT molecular complexity index is 934. The van der Waals surface area contributed by atoms with Crippen molar-refractivity contribution in [1.29, 1.82) is 0 Å². The molecular formula is C26H37F2N3O3S. The number of piperazine rings is 1. The summed E-state index contributed by atoms with van der Waals surface area (Å²) in [5.41, 5.74) is 1.99. The largest absolute Gasteiger partial charge is 0.396 e. The molecule has 3 rings (SSSR count). The van der Waals surface area contributed by atoms with E-state index in [2.05, 4.69) is 14.5 Å². The molecule has 0 bridgehead atoms. The lowest BCUT2D eigenvalue weighted by molar-refractivity contribution is 0.108. The molecule has 0 atom stereocenters. The van der Waals surface area contributed by atoms with Gasteiger partial charge in [0.05, 0.1) is 11.8 Å². The lowest BCUT2D eigenvalue weighted by atomic mass is 9.96. The molecule has 2 aromatic rings. The molecule has 1 saturated heterocycles. The number of nitrogens with zero attached hydrogens (tertiary/aromatic N) is 2. The molecule has 1 aliphatic heterocycles. The Balaban J connectivity index is 1.43. The highest BCUT2D eigenvalue weighted by molar-refractivity contribution is 7.89. The van der Waals surface area contributed by atoms with Gasteiger partial charge in [0.25, 0.3) is 0 Å². The van der Waals surface area contributed by atoms with Crippen molar-refractivity contribution < 1.29 is 22.3 Å². The summed E-state index contributed by atoms with van der Waals surface area (Å²) in [7, 11) is -3.25. The highest BCUT2D eigenvalue weighted by Gasteiger charge is 2.26.